The van der Waals surface area contributed by atoms with Crippen molar-refractivity contribution in [2.45, 2.75) is 19.9 Å². The maximum atomic E-state index is 12.6. The quantitative estimate of drug-likeness (QED) is 0.420. The van der Waals surface area contributed by atoms with Crippen LogP contribution in [0.3, 0.4) is 0 Å². The number of nitrogens with zero attached hydrogens (tertiary/aromatic N) is 2. The van der Waals surface area contributed by atoms with Gasteiger partial charge in [0, 0.05) is 36.1 Å². The number of nitrogens with two attached hydrogens (primary N) is 1. The molecule has 0 radical (unpaired) electrons. The van der Waals surface area contributed by atoms with Gasteiger partial charge >= 0.3 is 0 Å². The molecule has 5 N–H and O–H groups in total. The summed E-state index contributed by atoms with van der Waals surface area (Å²) in [7, 11) is 0. The molecule has 0 aliphatic carbocycles. The number of fused-ring (bicyclic) bond motifs is 2. The largest absolute Gasteiger partial charge is 0.506 e. The molecule has 8 nitrogen and oxygen atoms in total. The number of carboxylic acid groups (broad SMARTS) is 1. The molecular weight excluding hydrogens is 372 g/mol. The number of nitrogens with one attached hydrogen (secondary N) is 1. The number of benzene rings is 2. The van der Waals surface area contributed by atoms with Crippen molar-refractivity contribution in [3.63, 3.8) is 0 Å². The molecule has 0 aliphatic heterocycles. The van der Waals surface area contributed by atoms with Crippen molar-refractivity contribution < 1.29 is 15.0 Å². The zero-order valence-electron chi connectivity index (χ0n) is 15.9. The number of aryl methyl sites for hydroxylation is 1. The van der Waals surface area contributed by atoms with E-state index >= 15 is 0 Å². The van der Waals surface area contributed by atoms with Gasteiger partial charge in [-0.1, -0.05) is 24.3 Å². The number of H-pyrrole nitrogens is 1. The Kier molecular flexibility index (Phi) is 5.94. The van der Waals surface area contributed by atoms with E-state index in [2.05, 4.69) is 14.5 Å². The van der Waals surface area contributed by atoms with Crippen LogP contribution in [0.15, 0.2) is 53.5 Å². The molecule has 4 rings (SSSR count). The van der Waals surface area contributed by atoms with E-state index < -0.39 is 5.97 Å². The fourth-order valence-corrected chi connectivity index (χ4v) is 3.16. The van der Waals surface area contributed by atoms with Gasteiger partial charge in [0.25, 0.3) is 11.5 Å². The van der Waals surface area contributed by atoms with Crippen LogP contribution >= 0.6 is 0 Å². The molecule has 29 heavy (non-hydrogen) atoms. The van der Waals surface area contributed by atoms with E-state index in [4.69, 9.17) is 15.6 Å². The third-order valence-corrected chi connectivity index (χ3v) is 4.35. The van der Waals surface area contributed by atoms with Crippen LogP contribution in [0.1, 0.15) is 13.3 Å². The Labute approximate surface area is 166 Å². The summed E-state index contributed by atoms with van der Waals surface area (Å²) in [5.41, 5.74) is 8.38. The van der Waals surface area contributed by atoms with Crippen LogP contribution < -0.4 is 11.3 Å². The van der Waals surface area contributed by atoms with Gasteiger partial charge in [0.1, 0.15) is 17.0 Å². The molecule has 150 valence electrons. The molecule has 0 spiro atoms. The predicted octanol–water partition coefficient (Wildman–Crippen LogP) is 2.69. The monoisotopic (exact) mass is 394 g/mol. The highest BCUT2D eigenvalue weighted by atomic mass is 16.4. The zero-order valence-corrected chi connectivity index (χ0v) is 15.9. The molecule has 0 unspecified atom stereocenters. The first-order valence-electron chi connectivity index (χ1n) is 9.12. The van der Waals surface area contributed by atoms with E-state index in [0.29, 0.717) is 23.3 Å². The van der Waals surface area contributed by atoms with Gasteiger partial charge in [0.2, 0.25) is 0 Å². The maximum Gasteiger partial charge on any atom is 0.300 e. The van der Waals surface area contributed by atoms with Crippen molar-refractivity contribution in [2.24, 2.45) is 5.73 Å². The molecule has 2 heterocycles. The second-order valence-corrected chi connectivity index (χ2v) is 6.50. The van der Waals surface area contributed by atoms with Gasteiger partial charge in [-0.05, 0) is 31.2 Å². The average Bonchev–Trinajstić information content (AvgIpc) is 3.05. The molecule has 8 heteroatoms. The smallest absolute Gasteiger partial charge is 0.300 e. The van der Waals surface area contributed by atoms with Gasteiger partial charge < -0.3 is 25.5 Å². The Morgan fingerprint density at radius 3 is 2.66 bits per heavy atom. The number of hydrogen-bond donors (Lipinski definition) is 4. The number of para-hydroxylation sites is 2. The van der Waals surface area contributed by atoms with Crippen molar-refractivity contribution in [1.29, 1.82) is 0 Å². The Hall–Kier alpha value is -3.65. The van der Waals surface area contributed by atoms with E-state index in [1.165, 1.54) is 6.07 Å². The van der Waals surface area contributed by atoms with Crippen molar-refractivity contribution in [3.05, 3.63) is 59.0 Å². The van der Waals surface area contributed by atoms with Gasteiger partial charge in [0.15, 0.2) is 0 Å². The highest BCUT2D eigenvalue weighted by Gasteiger charge is 2.15. The molecule has 0 saturated heterocycles. The van der Waals surface area contributed by atoms with E-state index in [1.807, 2.05) is 30.5 Å². The van der Waals surface area contributed by atoms with Crippen molar-refractivity contribution in [3.8, 4) is 17.0 Å². The SMILES string of the molecule is CC(=O)O.NCCCn1cc(-c2nc3cccc(O)c3[nH]c2=O)c2ccccc21. The molecule has 0 bridgehead atoms. The highest BCUT2D eigenvalue weighted by Crippen LogP contribution is 2.29. The van der Waals surface area contributed by atoms with Crippen LogP contribution in [-0.4, -0.2) is 37.3 Å². The first-order chi connectivity index (χ1) is 13.9. The number of aromatic nitrogens is 3. The van der Waals surface area contributed by atoms with Crippen LogP contribution in [0.2, 0.25) is 0 Å². The van der Waals surface area contributed by atoms with Gasteiger partial charge in [-0.25, -0.2) is 4.98 Å². The number of rotatable bonds is 4. The fraction of sp³-hybridized carbons (Fsp3) is 0.190. The third kappa shape index (κ3) is 4.27. The van der Waals surface area contributed by atoms with Crippen LogP contribution in [-0.2, 0) is 11.3 Å². The lowest BCUT2D eigenvalue weighted by atomic mass is 10.1. The average molecular weight is 394 g/mol. The first-order valence-corrected chi connectivity index (χ1v) is 9.12. The number of aromatic amines is 1. The number of aromatic hydroxyl groups is 1. The van der Waals surface area contributed by atoms with Crippen molar-refractivity contribution >= 4 is 27.9 Å². The molecule has 0 atom stereocenters. The number of phenolic OH excluding ortho intramolecular Hbond substituents is 1. The van der Waals surface area contributed by atoms with E-state index in [-0.39, 0.29) is 11.3 Å². The Morgan fingerprint density at radius 1 is 1.21 bits per heavy atom. The molecule has 2 aromatic carbocycles. The second kappa shape index (κ2) is 8.57. The number of carboxylic acids is 1. The lowest BCUT2D eigenvalue weighted by molar-refractivity contribution is -0.134. The minimum Gasteiger partial charge on any atom is -0.506 e. The normalized spacial score (nSPS) is 10.7. The molecule has 0 saturated carbocycles. The minimum atomic E-state index is -0.833. The zero-order chi connectivity index (χ0) is 21.0. The van der Waals surface area contributed by atoms with Gasteiger partial charge in [-0.3, -0.25) is 9.59 Å². The predicted molar refractivity (Wildman–Crippen MR) is 112 cm³/mol. The second-order valence-electron chi connectivity index (χ2n) is 6.50. The standard InChI is InChI=1S/C19H18N4O2.C2H4O2/c20-9-4-10-23-11-13(12-5-1-2-7-15(12)23)17-19(25)22-18-14(21-17)6-3-8-16(18)24;1-2(3)4/h1-3,5-8,11,24H,4,9-10,20H2,(H,22,25);1H3,(H,3,4). The maximum absolute atomic E-state index is 12.6. The highest BCUT2D eigenvalue weighted by molar-refractivity contribution is 5.96. The summed E-state index contributed by atoms with van der Waals surface area (Å²) in [5, 5.41) is 18.3. The number of phenols is 1. The van der Waals surface area contributed by atoms with Crippen LogP contribution in [0.25, 0.3) is 33.2 Å². The lowest BCUT2D eigenvalue weighted by Crippen LogP contribution is -2.11. The van der Waals surface area contributed by atoms with E-state index in [1.54, 1.807) is 12.1 Å². The molecule has 4 aromatic rings. The third-order valence-electron chi connectivity index (χ3n) is 4.35. The number of aliphatic carboxylic acids is 1. The first kappa shape index (κ1) is 20.1. The van der Waals surface area contributed by atoms with Gasteiger partial charge in [-0.15, -0.1) is 0 Å². The molecular formula is C21H22N4O4. The molecule has 0 fully saturated rings. The summed E-state index contributed by atoms with van der Waals surface area (Å²) in [5.74, 6) is -0.820. The fourth-order valence-electron chi connectivity index (χ4n) is 3.16. The summed E-state index contributed by atoms with van der Waals surface area (Å²) in [6, 6.07) is 12.9. The lowest BCUT2D eigenvalue weighted by Gasteiger charge is -2.03. The summed E-state index contributed by atoms with van der Waals surface area (Å²) in [6.07, 6.45) is 2.81. The molecule has 2 aromatic heterocycles. The van der Waals surface area contributed by atoms with E-state index in [9.17, 15) is 9.90 Å². The number of carbonyl (C=O) groups is 1. The van der Waals surface area contributed by atoms with Crippen molar-refractivity contribution in [1.82, 2.24) is 14.5 Å². The topological polar surface area (TPSA) is 134 Å². The summed E-state index contributed by atoms with van der Waals surface area (Å²) in [6.45, 7) is 2.47. The Bertz CT molecular complexity index is 1220. The summed E-state index contributed by atoms with van der Waals surface area (Å²) >= 11 is 0. The molecule has 0 amide bonds. The van der Waals surface area contributed by atoms with Crippen LogP contribution in [0, 0.1) is 0 Å². The van der Waals surface area contributed by atoms with Crippen LogP contribution in [0.5, 0.6) is 5.75 Å². The van der Waals surface area contributed by atoms with Crippen LogP contribution in [0.4, 0.5) is 0 Å². The van der Waals surface area contributed by atoms with E-state index in [0.717, 1.165) is 36.4 Å². The summed E-state index contributed by atoms with van der Waals surface area (Å²) < 4.78 is 2.10. The Balaban J connectivity index is 0.000000552. The minimum absolute atomic E-state index is 0.0130. The Morgan fingerprint density at radius 2 is 1.93 bits per heavy atom. The van der Waals surface area contributed by atoms with Gasteiger partial charge in [0.05, 0.1) is 5.52 Å². The van der Waals surface area contributed by atoms with Gasteiger partial charge in [-0.2, -0.15) is 0 Å². The van der Waals surface area contributed by atoms with Crippen molar-refractivity contribution in [2.75, 3.05) is 6.54 Å². The summed E-state index contributed by atoms with van der Waals surface area (Å²) in [4.78, 5) is 28.8. The number of hydrogen-bond acceptors (Lipinski definition) is 5. The molecule has 0 aliphatic rings.